The van der Waals surface area contributed by atoms with Crippen molar-refractivity contribution in [2.24, 2.45) is 5.92 Å². The van der Waals surface area contributed by atoms with Gasteiger partial charge in [0.25, 0.3) is 5.91 Å². The molecule has 2 rings (SSSR count). The first-order chi connectivity index (χ1) is 12.7. The van der Waals surface area contributed by atoms with Gasteiger partial charge in [0.2, 0.25) is 10.0 Å². The van der Waals surface area contributed by atoms with Gasteiger partial charge >= 0.3 is 5.97 Å². The van der Waals surface area contributed by atoms with Crippen LogP contribution in [0.25, 0.3) is 0 Å². The van der Waals surface area contributed by atoms with Crippen LogP contribution in [0.3, 0.4) is 0 Å². The van der Waals surface area contributed by atoms with Gasteiger partial charge in [-0.2, -0.15) is 0 Å². The fourth-order valence-electron chi connectivity index (χ4n) is 2.26. The van der Waals surface area contributed by atoms with Gasteiger partial charge in [0.15, 0.2) is 6.61 Å². The number of rotatable bonds is 10. The highest BCUT2D eigenvalue weighted by Crippen LogP contribution is 2.28. The normalized spacial score (nSPS) is 14.1. The summed E-state index contributed by atoms with van der Waals surface area (Å²) in [4.78, 5) is 23.8. The standard InChI is InChI=1S/C18H26N2O6S/c1-12(2)8-9-19-17(21)11-26-18(22)13-4-7-15(25-3)16(10-13)27(23,24)20-14-5-6-14/h4,7,10,12,14,20H,5-6,8-9,11H2,1-3H3,(H,19,21). The number of carbonyl (C=O) groups excluding carboxylic acids is 2. The molecule has 1 aromatic rings. The molecule has 0 saturated heterocycles. The monoisotopic (exact) mass is 398 g/mol. The first kappa shape index (κ1) is 21.2. The van der Waals surface area contributed by atoms with E-state index in [0.717, 1.165) is 19.3 Å². The topological polar surface area (TPSA) is 111 Å². The smallest absolute Gasteiger partial charge is 0.338 e. The van der Waals surface area contributed by atoms with Gasteiger partial charge in [0, 0.05) is 12.6 Å². The van der Waals surface area contributed by atoms with E-state index in [0.29, 0.717) is 12.5 Å². The third kappa shape index (κ3) is 6.51. The van der Waals surface area contributed by atoms with Gasteiger partial charge in [-0.15, -0.1) is 0 Å². The minimum absolute atomic E-state index is 0.0296. The van der Waals surface area contributed by atoms with Gasteiger partial charge in [-0.3, -0.25) is 4.79 Å². The lowest BCUT2D eigenvalue weighted by molar-refractivity contribution is -0.124. The molecule has 150 valence electrons. The summed E-state index contributed by atoms with van der Waals surface area (Å²) in [5.41, 5.74) is 0.0296. The molecule has 0 atom stereocenters. The fraction of sp³-hybridized carbons (Fsp3) is 0.556. The van der Waals surface area contributed by atoms with Gasteiger partial charge in [-0.1, -0.05) is 13.8 Å². The number of ether oxygens (including phenoxy) is 2. The number of nitrogens with one attached hydrogen (secondary N) is 2. The highest BCUT2D eigenvalue weighted by atomic mass is 32.2. The predicted octanol–water partition coefficient (Wildman–Crippen LogP) is 1.46. The van der Waals surface area contributed by atoms with Crippen LogP contribution < -0.4 is 14.8 Å². The summed E-state index contributed by atoms with van der Waals surface area (Å²) >= 11 is 0. The van der Waals surface area contributed by atoms with Crippen molar-refractivity contribution < 1.29 is 27.5 Å². The van der Waals surface area contributed by atoms with Crippen molar-refractivity contribution in [3.05, 3.63) is 23.8 Å². The van der Waals surface area contributed by atoms with Crippen LogP contribution in [0, 0.1) is 5.92 Å². The van der Waals surface area contributed by atoms with Crippen molar-refractivity contribution in [3.63, 3.8) is 0 Å². The SMILES string of the molecule is COc1ccc(C(=O)OCC(=O)NCCC(C)C)cc1S(=O)(=O)NC1CC1. The molecule has 0 radical (unpaired) electrons. The summed E-state index contributed by atoms with van der Waals surface area (Å²) in [5.74, 6) is -0.594. The average Bonchev–Trinajstić information content (AvgIpc) is 3.42. The van der Waals surface area contributed by atoms with Crippen molar-refractivity contribution in [1.82, 2.24) is 10.0 Å². The van der Waals surface area contributed by atoms with Crippen LogP contribution in [0.4, 0.5) is 0 Å². The molecule has 8 nitrogen and oxygen atoms in total. The summed E-state index contributed by atoms with van der Waals surface area (Å²) in [5, 5.41) is 2.66. The maximum atomic E-state index is 12.5. The number of methoxy groups -OCH3 is 1. The van der Waals surface area contributed by atoms with Gasteiger partial charge in [-0.05, 0) is 43.4 Å². The van der Waals surface area contributed by atoms with Crippen LogP contribution in [-0.4, -0.2) is 46.6 Å². The third-order valence-electron chi connectivity index (χ3n) is 3.97. The molecule has 0 aromatic heterocycles. The maximum absolute atomic E-state index is 12.5. The molecule has 1 saturated carbocycles. The molecule has 1 aromatic carbocycles. The molecule has 1 aliphatic rings. The lowest BCUT2D eigenvalue weighted by Gasteiger charge is -2.12. The molecule has 0 heterocycles. The second-order valence-electron chi connectivity index (χ2n) is 6.87. The van der Waals surface area contributed by atoms with Crippen LogP contribution >= 0.6 is 0 Å². The van der Waals surface area contributed by atoms with E-state index in [1.165, 1.54) is 25.3 Å². The number of hydrogen-bond donors (Lipinski definition) is 2. The van der Waals surface area contributed by atoms with Crippen LogP contribution in [0.1, 0.15) is 43.5 Å². The maximum Gasteiger partial charge on any atom is 0.338 e. The Bertz CT molecular complexity index is 787. The number of amides is 1. The van der Waals surface area contributed by atoms with Gasteiger partial charge in [-0.25, -0.2) is 17.9 Å². The fourth-order valence-corrected chi connectivity index (χ4v) is 3.76. The van der Waals surface area contributed by atoms with Crippen LogP contribution in [0.15, 0.2) is 23.1 Å². The minimum atomic E-state index is -3.81. The average molecular weight is 398 g/mol. The lowest BCUT2D eigenvalue weighted by Crippen LogP contribution is -2.30. The first-order valence-electron chi connectivity index (χ1n) is 8.87. The lowest BCUT2D eigenvalue weighted by atomic mass is 10.1. The minimum Gasteiger partial charge on any atom is -0.495 e. The third-order valence-corrected chi connectivity index (χ3v) is 5.51. The highest BCUT2D eigenvalue weighted by molar-refractivity contribution is 7.89. The van der Waals surface area contributed by atoms with Crippen molar-refractivity contribution in [1.29, 1.82) is 0 Å². The van der Waals surface area contributed by atoms with E-state index in [9.17, 15) is 18.0 Å². The molecule has 0 aliphatic heterocycles. The van der Waals surface area contributed by atoms with Gasteiger partial charge in [0.1, 0.15) is 10.6 Å². The van der Waals surface area contributed by atoms with Crippen LogP contribution in [0.2, 0.25) is 0 Å². The second-order valence-corrected chi connectivity index (χ2v) is 8.55. The van der Waals surface area contributed by atoms with Crippen molar-refractivity contribution >= 4 is 21.9 Å². The number of benzene rings is 1. The van der Waals surface area contributed by atoms with Crippen molar-refractivity contribution in [2.45, 2.75) is 44.0 Å². The predicted molar refractivity (Wildman–Crippen MR) is 99.1 cm³/mol. The van der Waals surface area contributed by atoms with E-state index in [1.807, 2.05) is 13.8 Å². The second kappa shape index (κ2) is 9.18. The summed E-state index contributed by atoms with van der Waals surface area (Å²) in [6.07, 6.45) is 2.40. The number of esters is 1. The Morgan fingerprint density at radius 2 is 1.96 bits per heavy atom. The van der Waals surface area contributed by atoms with Gasteiger partial charge in [0.05, 0.1) is 12.7 Å². The molecule has 1 aliphatic carbocycles. The first-order valence-corrected chi connectivity index (χ1v) is 10.4. The van der Waals surface area contributed by atoms with E-state index in [1.54, 1.807) is 0 Å². The zero-order valence-electron chi connectivity index (χ0n) is 15.8. The molecule has 1 amide bonds. The Labute approximate surface area is 159 Å². The molecule has 2 N–H and O–H groups in total. The summed E-state index contributed by atoms with van der Waals surface area (Å²) in [7, 11) is -2.46. The molecule has 0 bridgehead atoms. The van der Waals surface area contributed by atoms with E-state index >= 15 is 0 Å². The molecule has 1 fully saturated rings. The molecular weight excluding hydrogens is 372 g/mol. The largest absolute Gasteiger partial charge is 0.495 e. The zero-order valence-corrected chi connectivity index (χ0v) is 16.6. The Hall–Kier alpha value is -2.13. The van der Waals surface area contributed by atoms with Crippen LogP contribution in [0.5, 0.6) is 5.75 Å². The number of carbonyl (C=O) groups is 2. The molecular formula is C18H26N2O6S. The Morgan fingerprint density at radius 1 is 1.26 bits per heavy atom. The summed E-state index contributed by atoms with van der Waals surface area (Å²) in [6.45, 7) is 4.16. The molecule has 0 unspecified atom stereocenters. The van der Waals surface area contributed by atoms with E-state index in [-0.39, 0.29) is 22.3 Å². The Morgan fingerprint density at radius 3 is 2.56 bits per heavy atom. The van der Waals surface area contributed by atoms with E-state index in [4.69, 9.17) is 9.47 Å². The highest BCUT2D eigenvalue weighted by Gasteiger charge is 2.30. The quantitative estimate of drug-likeness (QED) is 0.577. The molecule has 9 heteroatoms. The molecule has 0 spiro atoms. The van der Waals surface area contributed by atoms with Gasteiger partial charge < -0.3 is 14.8 Å². The summed E-state index contributed by atoms with van der Waals surface area (Å²) < 4.78 is 37.6. The summed E-state index contributed by atoms with van der Waals surface area (Å²) in [6, 6.07) is 3.90. The van der Waals surface area contributed by atoms with E-state index < -0.39 is 28.5 Å². The number of hydrogen-bond acceptors (Lipinski definition) is 6. The van der Waals surface area contributed by atoms with Crippen molar-refractivity contribution in [2.75, 3.05) is 20.3 Å². The Balaban J connectivity index is 2.01. The van der Waals surface area contributed by atoms with Crippen molar-refractivity contribution in [3.8, 4) is 5.75 Å². The van der Waals surface area contributed by atoms with Crippen LogP contribution in [-0.2, 0) is 19.6 Å². The zero-order chi connectivity index (χ0) is 20.0. The van der Waals surface area contributed by atoms with E-state index in [2.05, 4.69) is 10.0 Å². The molecule has 27 heavy (non-hydrogen) atoms. The number of sulfonamides is 1. The Kier molecular flexibility index (Phi) is 7.20.